The van der Waals surface area contributed by atoms with Gasteiger partial charge in [-0.2, -0.15) is 0 Å². The number of benzene rings is 1. The van der Waals surface area contributed by atoms with Crippen LogP contribution in [-0.2, 0) is 33.8 Å². The molecule has 66 heavy (non-hydrogen) atoms. The summed E-state index contributed by atoms with van der Waals surface area (Å²) in [5.74, 6) is 5.98. The number of rotatable bonds is 15. The molecule has 2 fully saturated rings. The van der Waals surface area contributed by atoms with Crippen LogP contribution in [-0.4, -0.2) is 123 Å². The molecule has 0 aliphatic carbocycles. The maximum atomic E-state index is 16.4. The van der Waals surface area contributed by atoms with Gasteiger partial charge in [0.15, 0.2) is 64.1 Å². The number of amides is 1. The number of aromatic nitrogens is 8. The Hall–Kier alpha value is -4.50. The molecule has 1 amide bonds. The fourth-order valence-corrected chi connectivity index (χ4v) is 10.0. The van der Waals surface area contributed by atoms with Crippen LogP contribution in [0.25, 0.3) is 22.3 Å². The summed E-state index contributed by atoms with van der Waals surface area (Å²) < 4.78 is 77.2. The molecule has 7 rings (SSSR count). The fourth-order valence-electron chi connectivity index (χ4n) is 7.33. The van der Waals surface area contributed by atoms with Crippen molar-refractivity contribution in [3.8, 4) is 11.8 Å². The summed E-state index contributed by atoms with van der Waals surface area (Å²) >= 11 is 0. The minimum atomic E-state index is -2.46. The van der Waals surface area contributed by atoms with Crippen molar-refractivity contribution in [1.29, 1.82) is 0 Å². The Bertz CT molecular complexity index is 2580. The van der Waals surface area contributed by atoms with Gasteiger partial charge < -0.3 is 23.4 Å². The third-order valence-corrected chi connectivity index (χ3v) is 22.5. The van der Waals surface area contributed by atoms with E-state index in [1.54, 1.807) is 30.3 Å². The number of nitrogens with zero attached hydrogens (tertiary/aromatic N) is 9. The Kier molecular flexibility index (Phi) is 14.7. The average molecular weight is 966 g/mol. The highest BCUT2D eigenvalue weighted by molar-refractivity contribution is 7.17. The second-order valence-corrected chi connectivity index (χ2v) is 29.5. The van der Waals surface area contributed by atoms with E-state index < -0.39 is 87.1 Å². The first-order chi connectivity index (χ1) is 31.2. The number of ether oxygens (including phenoxy) is 2. The summed E-state index contributed by atoms with van der Waals surface area (Å²) in [5.41, 5.74) is 2.14. The summed E-state index contributed by atoms with van der Waals surface area (Å²) in [4.78, 5) is 42.4. The van der Waals surface area contributed by atoms with Crippen LogP contribution < -0.4 is 4.90 Å². The number of aryl methyl sites for hydroxylation is 1. The Morgan fingerprint density at radius 2 is 1.41 bits per heavy atom. The van der Waals surface area contributed by atoms with E-state index in [-0.39, 0.29) is 40.2 Å². The van der Waals surface area contributed by atoms with Crippen LogP contribution in [0.5, 0.6) is 0 Å². The first-order valence-electron chi connectivity index (χ1n) is 21.9. The van der Waals surface area contributed by atoms with Crippen LogP contribution >= 0.6 is 8.69 Å². The van der Waals surface area contributed by atoms with Crippen LogP contribution in [0.3, 0.4) is 0 Å². The molecule has 4 aromatic heterocycles. The van der Waals surface area contributed by atoms with E-state index >= 15 is 8.78 Å². The minimum absolute atomic E-state index is 0.0632. The number of fused-ring (bicyclic) bond motifs is 2. The standard InChI is InChI=1S/C44H58F2N9O8PSi2/c1-43(2,3)65(7,8)59-22-30-35(62-64-58)31(45)41(61-30)54-25-51-33-28(47-23-48-37(33)54)19-15-12-16-20-53(40(57)27-17-13-11-14-18-27)38-34-39(50-24-49-38)55(26-52-34)42-32(46)36(29(21-56)60-42)63-66(9,10)44(4,5)6/h11,13-14,17-18,23-26,29-32,35-36,41-42,56H,15,19-22H2,1-10H3/t29-,30-,31-,32-,35-,36-,41-,42-/m1/s1. The molecule has 0 bridgehead atoms. The van der Waals surface area contributed by atoms with E-state index in [0.29, 0.717) is 35.3 Å². The van der Waals surface area contributed by atoms with E-state index in [1.807, 2.05) is 13.1 Å². The Morgan fingerprint density at radius 1 is 0.818 bits per heavy atom. The van der Waals surface area contributed by atoms with Crippen molar-refractivity contribution in [2.45, 2.75) is 140 Å². The lowest BCUT2D eigenvalue weighted by molar-refractivity contribution is -0.0445. The average Bonchev–Trinajstić information content (AvgIpc) is 4.04. The number of hydrogen-bond donors (Lipinski definition) is 1. The monoisotopic (exact) mass is 965 g/mol. The molecule has 22 heteroatoms. The van der Waals surface area contributed by atoms with Crippen molar-refractivity contribution < 1.29 is 46.1 Å². The zero-order valence-corrected chi connectivity index (χ0v) is 41.8. The van der Waals surface area contributed by atoms with Gasteiger partial charge in [-0.25, -0.2) is 43.2 Å². The smallest absolute Gasteiger partial charge is 0.327 e. The van der Waals surface area contributed by atoms with Crippen molar-refractivity contribution in [2.75, 3.05) is 24.7 Å². The molecule has 0 saturated carbocycles. The SMILES string of the molecule is CC(C)(C)[Si](C)(C)OC[C@H]1O[C@@H](n2cnc3c(CCC#CCN(C(=O)c4ccccc4)c4ncnc5c4ncn5[C@@H]4O[C@H](CO)[C@@H](O[Si](C)(C)C(C)(C)C)[C@H]4F)ncnc32)[C@H](F)[C@@H]1OP=O. The van der Waals surface area contributed by atoms with Gasteiger partial charge in [0.05, 0.1) is 38.1 Å². The van der Waals surface area contributed by atoms with E-state index in [1.165, 1.54) is 39.3 Å². The van der Waals surface area contributed by atoms with E-state index in [9.17, 15) is 14.5 Å². The molecule has 17 nitrogen and oxygen atoms in total. The number of carbonyl (C=O) groups excluding carboxylic acids is 1. The van der Waals surface area contributed by atoms with Crippen LogP contribution in [0.4, 0.5) is 14.6 Å². The third kappa shape index (κ3) is 9.89. The highest BCUT2D eigenvalue weighted by Gasteiger charge is 2.52. The van der Waals surface area contributed by atoms with E-state index in [0.717, 1.165) is 0 Å². The van der Waals surface area contributed by atoms with Gasteiger partial charge in [-0.3, -0.25) is 23.4 Å². The van der Waals surface area contributed by atoms with Crippen LogP contribution in [0.2, 0.25) is 36.3 Å². The maximum absolute atomic E-state index is 16.4. The summed E-state index contributed by atoms with van der Waals surface area (Å²) in [6.07, 6.45) is -3.60. The van der Waals surface area contributed by atoms with Crippen molar-refractivity contribution in [1.82, 2.24) is 39.0 Å². The highest BCUT2D eigenvalue weighted by Crippen LogP contribution is 2.44. The van der Waals surface area contributed by atoms with Crippen molar-refractivity contribution in [2.24, 2.45) is 0 Å². The molecular formula is C44H58F2N9O8PSi2. The van der Waals surface area contributed by atoms with Gasteiger partial charge in [-0.05, 0) is 48.4 Å². The minimum Gasteiger partial charge on any atom is -0.414 e. The van der Waals surface area contributed by atoms with Gasteiger partial charge in [0, 0.05) is 18.4 Å². The number of aliphatic hydroxyl groups is 1. The number of anilines is 1. The lowest BCUT2D eigenvalue weighted by Gasteiger charge is -2.39. The molecule has 2 aliphatic heterocycles. The summed E-state index contributed by atoms with van der Waals surface area (Å²) in [6, 6.07) is 8.65. The van der Waals surface area contributed by atoms with Gasteiger partial charge in [0.2, 0.25) is 0 Å². The first-order valence-corrected chi connectivity index (χ1v) is 28.4. The lowest BCUT2D eigenvalue weighted by atomic mass is 10.1. The molecule has 5 aromatic rings. The van der Waals surface area contributed by atoms with Crippen molar-refractivity contribution in [3.05, 3.63) is 66.9 Å². The summed E-state index contributed by atoms with van der Waals surface area (Å²) in [7, 11) is -5.36. The molecule has 0 spiro atoms. The van der Waals surface area contributed by atoms with Gasteiger partial charge in [0.25, 0.3) is 5.91 Å². The quantitative estimate of drug-likeness (QED) is 0.0610. The molecule has 8 atom stereocenters. The largest absolute Gasteiger partial charge is 0.414 e. The molecule has 0 radical (unpaired) electrons. The van der Waals surface area contributed by atoms with E-state index in [4.69, 9.17) is 22.8 Å². The van der Waals surface area contributed by atoms with Crippen LogP contribution in [0.1, 0.15) is 76.5 Å². The Morgan fingerprint density at radius 3 is 2.03 bits per heavy atom. The number of hydrogen-bond acceptors (Lipinski definition) is 14. The second kappa shape index (κ2) is 19.6. The molecule has 0 unspecified atom stereocenters. The third-order valence-electron chi connectivity index (χ3n) is 13.2. The summed E-state index contributed by atoms with van der Waals surface area (Å²) in [5, 5.41) is 9.93. The normalized spacial score (nSPS) is 24.0. The zero-order valence-electron chi connectivity index (χ0n) is 38.9. The van der Waals surface area contributed by atoms with Crippen LogP contribution in [0, 0.1) is 11.8 Å². The van der Waals surface area contributed by atoms with Gasteiger partial charge in [0.1, 0.15) is 42.6 Å². The Balaban J connectivity index is 1.09. The predicted octanol–water partition coefficient (Wildman–Crippen LogP) is 7.72. The Labute approximate surface area is 386 Å². The van der Waals surface area contributed by atoms with Gasteiger partial charge in [-0.15, -0.1) is 5.92 Å². The van der Waals surface area contributed by atoms with E-state index in [2.05, 4.69) is 96.4 Å². The molecule has 6 heterocycles. The second-order valence-electron chi connectivity index (χ2n) is 19.5. The fraction of sp³-hybridized carbons (Fsp3) is 0.568. The van der Waals surface area contributed by atoms with Gasteiger partial charge >= 0.3 is 8.69 Å². The predicted molar refractivity (Wildman–Crippen MR) is 247 cm³/mol. The molecule has 354 valence electrons. The number of aliphatic hydroxyl groups excluding tert-OH is 1. The number of alkyl halides is 2. The molecule has 2 saturated heterocycles. The molecule has 1 N–H and O–H groups in total. The highest BCUT2D eigenvalue weighted by atomic mass is 31.1. The number of imidazole rings is 2. The molecule has 1 aromatic carbocycles. The van der Waals surface area contributed by atoms with Crippen molar-refractivity contribution >= 4 is 59.4 Å². The maximum Gasteiger partial charge on any atom is 0.327 e. The first kappa shape index (κ1) is 49.4. The lowest BCUT2D eigenvalue weighted by Crippen LogP contribution is -2.49. The van der Waals surface area contributed by atoms with Crippen LogP contribution in [0.15, 0.2) is 55.6 Å². The summed E-state index contributed by atoms with van der Waals surface area (Å²) in [6.45, 7) is 20.2. The number of carbonyl (C=O) groups is 1. The zero-order chi connectivity index (χ0) is 47.8. The number of halogens is 2. The van der Waals surface area contributed by atoms with Gasteiger partial charge in [-0.1, -0.05) is 65.7 Å². The topological polar surface area (TPSA) is 191 Å². The molecular weight excluding hydrogens is 908 g/mol. The molecule has 2 aliphatic rings. The van der Waals surface area contributed by atoms with Crippen molar-refractivity contribution in [3.63, 3.8) is 0 Å².